The number of hydrogen-bond acceptors (Lipinski definition) is 6. The Morgan fingerprint density at radius 1 is 1.07 bits per heavy atom. The first kappa shape index (κ1) is 19.6. The van der Waals surface area contributed by atoms with Crippen molar-refractivity contribution in [3.8, 4) is 0 Å². The number of pyridine rings is 1. The highest BCUT2D eigenvalue weighted by molar-refractivity contribution is 5.92. The van der Waals surface area contributed by atoms with E-state index < -0.39 is 0 Å². The molecule has 0 radical (unpaired) electrons. The second kappa shape index (κ2) is 7.94. The highest BCUT2D eigenvalue weighted by Gasteiger charge is 2.30. The van der Waals surface area contributed by atoms with Crippen molar-refractivity contribution in [2.24, 2.45) is 7.05 Å². The summed E-state index contributed by atoms with van der Waals surface area (Å²) in [7, 11) is 3.71. The van der Waals surface area contributed by atoms with Gasteiger partial charge in [-0.1, -0.05) is 0 Å². The van der Waals surface area contributed by atoms with E-state index in [1.807, 2.05) is 11.8 Å². The molecule has 8 nitrogen and oxygen atoms in total. The molecule has 1 amide bonds. The first-order chi connectivity index (χ1) is 13.9. The molecule has 2 aromatic heterocycles. The Kier molecular flexibility index (Phi) is 5.36. The van der Waals surface area contributed by atoms with E-state index in [-0.39, 0.29) is 17.4 Å². The zero-order valence-electron chi connectivity index (χ0n) is 17.3. The van der Waals surface area contributed by atoms with Crippen molar-refractivity contribution in [1.82, 2.24) is 24.6 Å². The molecule has 29 heavy (non-hydrogen) atoms. The highest BCUT2D eigenvalue weighted by Crippen LogP contribution is 2.30. The molecule has 0 unspecified atom stereocenters. The Labute approximate surface area is 170 Å². The van der Waals surface area contributed by atoms with Crippen LogP contribution in [0.5, 0.6) is 0 Å². The van der Waals surface area contributed by atoms with Crippen molar-refractivity contribution in [2.75, 3.05) is 51.2 Å². The lowest BCUT2D eigenvalue weighted by molar-refractivity contribution is 0.0782. The van der Waals surface area contributed by atoms with Gasteiger partial charge in [-0.3, -0.25) is 14.6 Å². The number of likely N-dealkylation sites (tertiary alicyclic amines) is 1. The number of nitrogens with zero attached hydrogens (tertiary/aromatic N) is 6. The number of aryl methyl sites for hydroxylation is 2. The van der Waals surface area contributed by atoms with Gasteiger partial charge in [0, 0.05) is 75.4 Å². The van der Waals surface area contributed by atoms with Crippen LogP contribution in [0.3, 0.4) is 0 Å². The van der Waals surface area contributed by atoms with Crippen LogP contribution in [0, 0.1) is 6.92 Å². The maximum Gasteiger partial charge on any atom is 0.274 e. The number of aromatic nitrogens is 3. The van der Waals surface area contributed by atoms with Crippen LogP contribution in [-0.4, -0.2) is 76.8 Å². The lowest BCUT2D eigenvalue weighted by Gasteiger charge is -2.34. The summed E-state index contributed by atoms with van der Waals surface area (Å²) < 4.78 is 1.20. The van der Waals surface area contributed by atoms with Crippen molar-refractivity contribution >= 4 is 11.6 Å². The minimum atomic E-state index is -0.221. The van der Waals surface area contributed by atoms with Gasteiger partial charge in [0.2, 0.25) is 0 Å². The third-order valence-electron chi connectivity index (χ3n) is 5.90. The van der Waals surface area contributed by atoms with Crippen molar-refractivity contribution in [2.45, 2.75) is 19.3 Å². The summed E-state index contributed by atoms with van der Waals surface area (Å²) in [4.78, 5) is 35.7. The van der Waals surface area contributed by atoms with Gasteiger partial charge < -0.3 is 14.7 Å². The van der Waals surface area contributed by atoms with E-state index in [4.69, 9.17) is 4.98 Å². The molecule has 2 fully saturated rings. The lowest BCUT2D eigenvalue weighted by Crippen LogP contribution is -2.44. The van der Waals surface area contributed by atoms with Crippen LogP contribution in [0.4, 0.5) is 5.69 Å². The van der Waals surface area contributed by atoms with Crippen molar-refractivity contribution in [3.05, 3.63) is 51.7 Å². The topological polar surface area (TPSA) is 74.6 Å². The molecule has 2 aliphatic heterocycles. The molecule has 0 saturated carbocycles. The van der Waals surface area contributed by atoms with E-state index in [1.165, 1.54) is 22.5 Å². The quantitative estimate of drug-likeness (QED) is 0.766. The minimum absolute atomic E-state index is 0.130. The Hall–Kier alpha value is -2.74. The molecule has 0 aliphatic carbocycles. The number of amides is 1. The molecule has 8 heteroatoms. The van der Waals surface area contributed by atoms with Crippen LogP contribution in [0.2, 0.25) is 0 Å². The average molecular weight is 396 g/mol. The van der Waals surface area contributed by atoms with Crippen molar-refractivity contribution in [3.63, 3.8) is 0 Å². The summed E-state index contributed by atoms with van der Waals surface area (Å²) in [5.74, 6) is 0.0904. The van der Waals surface area contributed by atoms with E-state index in [1.54, 1.807) is 7.05 Å². The highest BCUT2D eigenvalue weighted by atomic mass is 16.2. The Balaban J connectivity index is 1.49. The summed E-state index contributed by atoms with van der Waals surface area (Å²) in [6.07, 6.45) is 0.885. The Morgan fingerprint density at radius 2 is 1.83 bits per heavy atom. The molecular weight excluding hydrogens is 368 g/mol. The zero-order valence-corrected chi connectivity index (χ0v) is 17.3. The predicted molar refractivity (Wildman–Crippen MR) is 111 cm³/mol. The Morgan fingerprint density at radius 3 is 2.55 bits per heavy atom. The lowest BCUT2D eigenvalue weighted by atomic mass is 10.0. The molecule has 0 N–H and O–H groups in total. The van der Waals surface area contributed by atoms with Crippen LogP contribution in [0.25, 0.3) is 0 Å². The molecule has 4 rings (SSSR count). The summed E-state index contributed by atoms with van der Waals surface area (Å²) in [6, 6.07) is 7.25. The van der Waals surface area contributed by atoms with Crippen LogP contribution in [0.1, 0.15) is 34.2 Å². The molecule has 2 saturated heterocycles. The van der Waals surface area contributed by atoms with Crippen LogP contribution < -0.4 is 10.5 Å². The second-order valence-corrected chi connectivity index (χ2v) is 8.10. The summed E-state index contributed by atoms with van der Waals surface area (Å²) in [5, 5.41) is 4.10. The minimum Gasteiger partial charge on any atom is -0.369 e. The van der Waals surface area contributed by atoms with Gasteiger partial charge in [-0.2, -0.15) is 5.10 Å². The van der Waals surface area contributed by atoms with E-state index in [2.05, 4.69) is 34.1 Å². The smallest absolute Gasteiger partial charge is 0.274 e. The number of hydrogen-bond donors (Lipinski definition) is 0. The van der Waals surface area contributed by atoms with E-state index >= 15 is 0 Å². The van der Waals surface area contributed by atoms with Gasteiger partial charge in [-0.15, -0.1) is 0 Å². The van der Waals surface area contributed by atoms with E-state index in [0.29, 0.717) is 18.8 Å². The second-order valence-electron chi connectivity index (χ2n) is 8.10. The van der Waals surface area contributed by atoms with Gasteiger partial charge in [-0.05, 0) is 38.6 Å². The molecule has 0 bridgehead atoms. The number of anilines is 1. The number of piperazine rings is 1. The summed E-state index contributed by atoms with van der Waals surface area (Å²) in [5.41, 5.74) is 3.39. The fraction of sp³-hybridized carbons (Fsp3) is 0.524. The first-order valence-corrected chi connectivity index (χ1v) is 10.2. The summed E-state index contributed by atoms with van der Waals surface area (Å²) in [6.45, 7) is 7.51. The van der Waals surface area contributed by atoms with Gasteiger partial charge in [-0.25, -0.2) is 4.68 Å². The zero-order chi connectivity index (χ0) is 20.5. The van der Waals surface area contributed by atoms with Crippen LogP contribution in [-0.2, 0) is 7.05 Å². The van der Waals surface area contributed by atoms with E-state index in [0.717, 1.165) is 44.0 Å². The van der Waals surface area contributed by atoms with Gasteiger partial charge >= 0.3 is 0 Å². The first-order valence-electron chi connectivity index (χ1n) is 10.2. The van der Waals surface area contributed by atoms with E-state index in [9.17, 15) is 9.59 Å². The fourth-order valence-corrected chi connectivity index (χ4v) is 4.10. The van der Waals surface area contributed by atoms with Gasteiger partial charge in [0.15, 0.2) is 0 Å². The van der Waals surface area contributed by atoms with Gasteiger partial charge in [0.05, 0.1) is 0 Å². The summed E-state index contributed by atoms with van der Waals surface area (Å²) >= 11 is 0. The van der Waals surface area contributed by atoms with Gasteiger partial charge in [0.1, 0.15) is 5.69 Å². The maximum absolute atomic E-state index is 12.8. The van der Waals surface area contributed by atoms with Crippen molar-refractivity contribution in [1.29, 1.82) is 0 Å². The normalized spacial score (nSPS) is 20.3. The predicted octanol–water partition coefficient (Wildman–Crippen LogP) is 0.865. The molecule has 0 spiro atoms. The molecule has 1 atom stereocenters. The number of carbonyl (C=O) groups is 1. The largest absolute Gasteiger partial charge is 0.369 e. The number of likely N-dealkylation sites (N-methyl/N-ethyl adjacent to an activating group) is 1. The maximum atomic E-state index is 12.8. The van der Waals surface area contributed by atoms with Crippen molar-refractivity contribution < 1.29 is 4.79 Å². The fourth-order valence-electron chi connectivity index (χ4n) is 4.10. The number of rotatable bonds is 3. The molecular formula is C21H28N6O2. The standard InChI is InChI=1S/C21H28N6O2/c1-15-12-17(26-10-8-24(2)9-11-26)13-19(22-15)16-6-7-27(14-16)21(29)18-4-5-20(28)25(3)23-18/h4-5,12-13,16H,6-11,14H2,1-3H3/t16-/m1/s1. The number of carbonyl (C=O) groups excluding carboxylic acids is 1. The van der Waals surface area contributed by atoms with Crippen LogP contribution >= 0.6 is 0 Å². The third-order valence-corrected chi connectivity index (χ3v) is 5.90. The Bertz CT molecular complexity index is 964. The third kappa shape index (κ3) is 4.17. The molecule has 2 aromatic rings. The monoisotopic (exact) mass is 396 g/mol. The molecule has 0 aromatic carbocycles. The molecule has 2 aliphatic rings. The van der Waals surface area contributed by atoms with Crippen LogP contribution in [0.15, 0.2) is 29.1 Å². The van der Waals surface area contributed by atoms with Gasteiger partial charge in [0.25, 0.3) is 11.5 Å². The average Bonchev–Trinajstić information content (AvgIpc) is 3.20. The molecule has 4 heterocycles. The SMILES string of the molecule is Cc1cc(N2CCN(C)CC2)cc([C@@H]2CCN(C(=O)c3ccc(=O)n(C)n3)C2)n1. The molecule has 154 valence electrons.